The first-order chi connectivity index (χ1) is 5.98. The van der Waals surface area contributed by atoms with Crippen LogP contribution in [0.25, 0.3) is 0 Å². The second-order valence-electron chi connectivity index (χ2n) is 2.48. The van der Waals surface area contributed by atoms with Gasteiger partial charge in [0, 0.05) is 13.2 Å². The Labute approximate surface area is 125 Å². The van der Waals surface area contributed by atoms with E-state index in [2.05, 4.69) is 6.58 Å². The molecule has 0 aliphatic rings. The maximum Gasteiger partial charge on any atom is 1.00 e. The molecule has 0 saturated heterocycles. The quantitative estimate of drug-likeness (QED) is 0.416. The minimum Gasteiger partial charge on any atom is -0.445 e. The van der Waals surface area contributed by atoms with Crippen LogP contribution in [0.2, 0.25) is 0 Å². The van der Waals surface area contributed by atoms with Crippen LogP contribution in [0.3, 0.4) is 0 Å². The smallest absolute Gasteiger partial charge is 0.445 e. The first-order valence-corrected chi connectivity index (χ1v) is 4.01. The summed E-state index contributed by atoms with van der Waals surface area (Å²) in [6.07, 6.45) is 0. The fourth-order valence-electron chi connectivity index (χ4n) is 0.560. The van der Waals surface area contributed by atoms with E-state index in [4.69, 9.17) is 9.47 Å². The van der Waals surface area contributed by atoms with Gasteiger partial charge in [-0.05, 0) is 6.92 Å². The average Bonchev–Trinajstić information content (AvgIpc) is 2.02. The molecule has 0 fully saturated rings. The summed E-state index contributed by atoms with van der Waals surface area (Å²) in [6, 6.07) is 0. The molecule has 0 rings (SSSR count). The van der Waals surface area contributed by atoms with E-state index in [0.717, 1.165) is 0 Å². The van der Waals surface area contributed by atoms with Crippen LogP contribution in [-0.4, -0.2) is 33.4 Å². The van der Waals surface area contributed by atoms with Gasteiger partial charge in [-0.3, -0.25) is 0 Å². The van der Waals surface area contributed by atoms with Crippen LogP contribution in [0, 0.1) is 0 Å². The third-order valence-corrected chi connectivity index (χ3v) is 1.33. The van der Waals surface area contributed by atoms with Gasteiger partial charge < -0.3 is 22.4 Å². The van der Waals surface area contributed by atoms with Crippen LogP contribution in [0.1, 0.15) is 6.92 Å². The van der Waals surface area contributed by atoms with E-state index in [1.54, 1.807) is 6.92 Å². The van der Waals surface area contributed by atoms with Crippen molar-refractivity contribution >= 4 is 6.98 Å². The maximum absolute atomic E-state index is 11.9. The standard InChI is InChI=1S/C7H13BF3O2.K/c1-3-12-4-5-13-6-7(2)8(9,10)11;/h2-6H2,1H3;/q-1;+1. The number of halogens is 3. The molecule has 7 heteroatoms. The number of hydrogen-bond acceptors (Lipinski definition) is 2. The van der Waals surface area contributed by atoms with Gasteiger partial charge in [-0.15, -0.1) is 12.1 Å². The predicted molar refractivity (Wildman–Crippen MR) is 45.5 cm³/mol. The van der Waals surface area contributed by atoms with Gasteiger partial charge in [0.1, 0.15) is 0 Å². The molecule has 0 N–H and O–H groups in total. The molecule has 0 aliphatic carbocycles. The van der Waals surface area contributed by atoms with Gasteiger partial charge in [0.2, 0.25) is 0 Å². The van der Waals surface area contributed by atoms with Crippen molar-refractivity contribution in [3.05, 3.63) is 12.1 Å². The molecule has 0 spiro atoms. The molecular formula is C7H13BF3KO2. The molecule has 2 nitrogen and oxygen atoms in total. The van der Waals surface area contributed by atoms with Crippen molar-refractivity contribution in [1.82, 2.24) is 0 Å². The van der Waals surface area contributed by atoms with E-state index in [1.807, 2.05) is 0 Å². The van der Waals surface area contributed by atoms with Crippen LogP contribution < -0.4 is 51.4 Å². The first-order valence-electron chi connectivity index (χ1n) is 4.01. The minimum atomic E-state index is -4.96. The van der Waals surface area contributed by atoms with Crippen molar-refractivity contribution in [1.29, 1.82) is 0 Å². The molecule has 0 saturated carbocycles. The molecule has 0 unspecified atom stereocenters. The summed E-state index contributed by atoms with van der Waals surface area (Å²) in [5.74, 6) is 0. The molecule has 0 bridgehead atoms. The van der Waals surface area contributed by atoms with Gasteiger partial charge in [0.15, 0.2) is 0 Å². The number of rotatable bonds is 7. The fraction of sp³-hybridized carbons (Fsp3) is 0.714. The van der Waals surface area contributed by atoms with Crippen molar-refractivity contribution in [2.45, 2.75) is 6.92 Å². The summed E-state index contributed by atoms with van der Waals surface area (Å²) in [4.78, 5) is 0. The van der Waals surface area contributed by atoms with E-state index in [1.165, 1.54) is 0 Å². The summed E-state index contributed by atoms with van der Waals surface area (Å²) in [5, 5.41) is 0. The molecule has 0 aliphatic heterocycles. The topological polar surface area (TPSA) is 18.5 Å². The average molecular weight is 236 g/mol. The predicted octanol–water partition coefficient (Wildman–Crippen LogP) is -1.01. The van der Waals surface area contributed by atoms with Gasteiger partial charge in [0.05, 0.1) is 13.2 Å². The summed E-state index contributed by atoms with van der Waals surface area (Å²) >= 11 is 0. The molecule has 0 aromatic heterocycles. The van der Waals surface area contributed by atoms with Gasteiger partial charge in [-0.2, -0.15) is 0 Å². The van der Waals surface area contributed by atoms with Gasteiger partial charge >= 0.3 is 58.4 Å². The Kier molecular flexibility index (Phi) is 11.8. The maximum atomic E-state index is 11.9. The summed E-state index contributed by atoms with van der Waals surface area (Å²) in [5.41, 5.74) is -0.809. The zero-order valence-corrected chi connectivity index (χ0v) is 11.7. The second-order valence-corrected chi connectivity index (χ2v) is 2.48. The Balaban J connectivity index is 0. The van der Waals surface area contributed by atoms with Crippen molar-refractivity contribution in [2.24, 2.45) is 0 Å². The zero-order chi connectivity index (χ0) is 10.3. The van der Waals surface area contributed by atoms with Crippen molar-refractivity contribution in [2.75, 3.05) is 26.4 Å². The Morgan fingerprint density at radius 3 is 2.14 bits per heavy atom. The molecule has 0 amide bonds. The van der Waals surface area contributed by atoms with Crippen molar-refractivity contribution < 1.29 is 73.8 Å². The molecule has 0 radical (unpaired) electrons. The van der Waals surface area contributed by atoms with Crippen molar-refractivity contribution in [3.8, 4) is 0 Å². The van der Waals surface area contributed by atoms with Crippen LogP contribution in [-0.2, 0) is 9.47 Å². The van der Waals surface area contributed by atoms with E-state index >= 15 is 0 Å². The molecule has 0 aromatic rings. The normalized spacial score (nSPS) is 10.9. The third kappa shape index (κ3) is 9.70. The zero-order valence-electron chi connectivity index (χ0n) is 8.56. The van der Waals surface area contributed by atoms with E-state index in [-0.39, 0.29) is 58.0 Å². The summed E-state index contributed by atoms with van der Waals surface area (Å²) in [6.45, 7) is 0.282. The first kappa shape index (κ1) is 17.5. The molecule has 0 aromatic carbocycles. The van der Waals surface area contributed by atoms with E-state index in [9.17, 15) is 12.9 Å². The van der Waals surface area contributed by atoms with Crippen LogP contribution >= 0.6 is 0 Å². The van der Waals surface area contributed by atoms with Crippen LogP contribution in [0.4, 0.5) is 12.9 Å². The van der Waals surface area contributed by atoms with Crippen LogP contribution in [0.5, 0.6) is 0 Å². The Morgan fingerprint density at radius 2 is 1.71 bits per heavy atom. The molecule has 0 heterocycles. The van der Waals surface area contributed by atoms with Gasteiger partial charge in [0.25, 0.3) is 0 Å². The Morgan fingerprint density at radius 1 is 1.21 bits per heavy atom. The SMILES string of the molecule is C=C(COCCOCC)[B-](F)(F)F.[K+]. The third-order valence-electron chi connectivity index (χ3n) is 1.33. The Hall–Kier alpha value is 1.15. The second kappa shape index (κ2) is 9.38. The van der Waals surface area contributed by atoms with Gasteiger partial charge in [-0.1, -0.05) is 0 Å². The fourth-order valence-corrected chi connectivity index (χ4v) is 0.560. The largest absolute Gasteiger partial charge is 1.00 e. The van der Waals surface area contributed by atoms with Gasteiger partial charge in [-0.25, -0.2) is 0 Å². The summed E-state index contributed by atoms with van der Waals surface area (Å²) < 4.78 is 45.2. The number of ether oxygens (including phenoxy) is 2. The number of hydrogen-bond donors (Lipinski definition) is 0. The molecular weight excluding hydrogens is 223 g/mol. The van der Waals surface area contributed by atoms with E-state index < -0.39 is 19.1 Å². The minimum absolute atomic E-state index is 0. The molecule has 0 atom stereocenters. The Bertz CT molecular complexity index is 164. The summed E-state index contributed by atoms with van der Waals surface area (Å²) in [7, 11) is 0. The molecule has 78 valence electrons. The van der Waals surface area contributed by atoms with Crippen molar-refractivity contribution in [3.63, 3.8) is 0 Å². The molecule has 14 heavy (non-hydrogen) atoms. The van der Waals surface area contributed by atoms with Crippen LogP contribution in [0.15, 0.2) is 12.1 Å². The van der Waals surface area contributed by atoms with E-state index in [0.29, 0.717) is 13.2 Å². The monoisotopic (exact) mass is 236 g/mol.